The fraction of sp³-hybridized carbons (Fsp3) is 0.500. The summed E-state index contributed by atoms with van der Waals surface area (Å²) in [5, 5.41) is 3.79. The van der Waals surface area contributed by atoms with Crippen LogP contribution in [0.15, 0.2) is 28.7 Å². The summed E-state index contributed by atoms with van der Waals surface area (Å²) >= 11 is 5.09. The molecule has 1 fully saturated rings. The van der Waals surface area contributed by atoms with Gasteiger partial charge in [0.15, 0.2) is 0 Å². The number of anilines is 1. The van der Waals surface area contributed by atoms with Crippen LogP contribution in [0.1, 0.15) is 59.0 Å². The number of carbonyl (C=O) groups is 2. The summed E-state index contributed by atoms with van der Waals surface area (Å²) in [7, 11) is 0. The Kier molecular flexibility index (Phi) is 7.46. The molecule has 0 unspecified atom stereocenters. The first-order valence-electron chi connectivity index (χ1n) is 11.1. The van der Waals surface area contributed by atoms with Gasteiger partial charge in [0, 0.05) is 21.8 Å². The molecule has 1 saturated heterocycles. The third kappa shape index (κ3) is 5.38. The highest BCUT2D eigenvalue weighted by atomic mass is 79.9. The minimum atomic E-state index is -0.305. The van der Waals surface area contributed by atoms with E-state index in [1.807, 2.05) is 13.0 Å². The van der Waals surface area contributed by atoms with Gasteiger partial charge in [0.25, 0.3) is 0 Å². The number of halogens is 1. The summed E-state index contributed by atoms with van der Waals surface area (Å²) in [6.45, 7) is 4.86. The van der Waals surface area contributed by atoms with E-state index < -0.39 is 0 Å². The van der Waals surface area contributed by atoms with Crippen molar-refractivity contribution < 1.29 is 14.3 Å². The van der Waals surface area contributed by atoms with Crippen molar-refractivity contribution in [3.8, 4) is 0 Å². The number of hydrogen-bond acceptors (Lipinski definition) is 5. The molecule has 1 N–H and O–H groups in total. The molecule has 1 amide bonds. The number of likely N-dealkylation sites (tertiary alicyclic amines) is 1. The first-order chi connectivity index (χ1) is 15.0. The number of aryl methyl sites for hydroxylation is 1. The Bertz CT molecular complexity index is 950. The van der Waals surface area contributed by atoms with Crippen molar-refractivity contribution in [2.24, 2.45) is 5.92 Å². The van der Waals surface area contributed by atoms with E-state index in [9.17, 15) is 9.59 Å². The lowest BCUT2D eigenvalue weighted by Crippen LogP contribution is -2.37. The first-order valence-corrected chi connectivity index (χ1v) is 12.8. The Balaban J connectivity index is 1.39. The van der Waals surface area contributed by atoms with Gasteiger partial charge in [0.1, 0.15) is 5.00 Å². The maximum Gasteiger partial charge on any atom is 0.341 e. The van der Waals surface area contributed by atoms with Gasteiger partial charge in [-0.15, -0.1) is 11.3 Å². The quantitative estimate of drug-likeness (QED) is 0.533. The zero-order chi connectivity index (χ0) is 21.8. The molecule has 5 nitrogen and oxygen atoms in total. The molecule has 2 aliphatic rings. The molecule has 4 rings (SSSR count). The van der Waals surface area contributed by atoms with Gasteiger partial charge in [-0.25, -0.2) is 4.79 Å². The molecule has 1 aromatic carbocycles. The molecule has 166 valence electrons. The van der Waals surface area contributed by atoms with Crippen LogP contribution in [0.4, 0.5) is 5.00 Å². The number of carbonyl (C=O) groups excluding carboxylic acids is 2. The molecule has 7 heteroatoms. The second-order valence-corrected chi connectivity index (χ2v) is 10.3. The molecule has 1 aromatic heterocycles. The van der Waals surface area contributed by atoms with E-state index in [1.165, 1.54) is 10.4 Å². The summed E-state index contributed by atoms with van der Waals surface area (Å²) in [6.07, 6.45) is 5.76. The van der Waals surface area contributed by atoms with Crippen LogP contribution >= 0.6 is 27.3 Å². The average Bonchev–Trinajstić information content (AvgIpc) is 3.12. The average molecular weight is 505 g/mol. The lowest BCUT2D eigenvalue weighted by Gasteiger charge is -2.31. The topological polar surface area (TPSA) is 58.6 Å². The lowest BCUT2D eigenvalue weighted by molar-refractivity contribution is -0.121. The number of thiophene rings is 1. The SMILES string of the molecule is CCOC(=O)c1c(NC(=O)C2CCN(Cc3cccc(Br)c3)CC2)sc2c1CCCC2. The number of rotatable bonds is 6. The number of piperidine rings is 1. The number of hydrogen-bond donors (Lipinski definition) is 1. The normalized spacial score (nSPS) is 17.2. The van der Waals surface area contributed by atoms with E-state index in [2.05, 4.69) is 44.3 Å². The Morgan fingerprint density at radius 3 is 2.74 bits per heavy atom. The number of benzene rings is 1. The van der Waals surface area contributed by atoms with Crippen molar-refractivity contribution >= 4 is 44.1 Å². The summed E-state index contributed by atoms with van der Waals surface area (Å²) in [5.74, 6) is -0.291. The largest absolute Gasteiger partial charge is 0.462 e. The van der Waals surface area contributed by atoms with Crippen LogP contribution in [-0.4, -0.2) is 36.5 Å². The molecule has 2 heterocycles. The Labute approximate surface area is 196 Å². The van der Waals surface area contributed by atoms with Crippen LogP contribution in [0.25, 0.3) is 0 Å². The highest BCUT2D eigenvalue weighted by Gasteiger charge is 2.30. The molecular formula is C24H29BrN2O3S. The van der Waals surface area contributed by atoms with Gasteiger partial charge in [0.2, 0.25) is 5.91 Å². The van der Waals surface area contributed by atoms with Crippen LogP contribution in [0, 0.1) is 5.92 Å². The smallest absolute Gasteiger partial charge is 0.341 e. The van der Waals surface area contributed by atoms with Gasteiger partial charge < -0.3 is 10.1 Å². The molecule has 0 atom stereocenters. The number of amides is 1. The van der Waals surface area contributed by atoms with Crippen LogP contribution in [0.2, 0.25) is 0 Å². The van der Waals surface area contributed by atoms with E-state index in [1.54, 1.807) is 11.3 Å². The molecule has 0 spiro atoms. The Morgan fingerprint density at radius 1 is 1.23 bits per heavy atom. The van der Waals surface area contributed by atoms with Crippen molar-refractivity contribution in [2.75, 3.05) is 25.0 Å². The summed E-state index contributed by atoms with van der Waals surface area (Å²) in [5.41, 5.74) is 2.97. The van der Waals surface area contributed by atoms with E-state index in [0.717, 1.165) is 68.2 Å². The molecule has 0 saturated carbocycles. The Hall–Kier alpha value is -1.70. The maximum absolute atomic E-state index is 13.0. The summed E-state index contributed by atoms with van der Waals surface area (Å²) < 4.78 is 6.40. The van der Waals surface area contributed by atoms with Gasteiger partial charge >= 0.3 is 5.97 Å². The molecule has 0 bridgehead atoms. The van der Waals surface area contributed by atoms with Crippen molar-refractivity contribution in [1.82, 2.24) is 4.90 Å². The van der Waals surface area contributed by atoms with E-state index in [4.69, 9.17) is 4.74 Å². The van der Waals surface area contributed by atoms with Gasteiger partial charge in [-0.1, -0.05) is 28.1 Å². The van der Waals surface area contributed by atoms with Crippen LogP contribution in [-0.2, 0) is 28.9 Å². The third-order valence-electron chi connectivity index (χ3n) is 6.14. The van der Waals surface area contributed by atoms with Crippen molar-refractivity contribution in [3.05, 3.63) is 50.3 Å². The summed E-state index contributed by atoms with van der Waals surface area (Å²) in [6, 6.07) is 8.38. The fourth-order valence-corrected chi connectivity index (χ4v) is 6.26. The van der Waals surface area contributed by atoms with Crippen molar-refractivity contribution in [2.45, 2.75) is 52.0 Å². The molecule has 1 aliphatic heterocycles. The van der Waals surface area contributed by atoms with Crippen molar-refractivity contribution in [3.63, 3.8) is 0 Å². The highest BCUT2D eigenvalue weighted by Crippen LogP contribution is 2.39. The summed E-state index contributed by atoms with van der Waals surface area (Å²) in [4.78, 5) is 29.3. The van der Waals surface area contributed by atoms with Crippen molar-refractivity contribution in [1.29, 1.82) is 0 Å². The predicted molar refractivity (Wildman–Crippen MR) is 128 cm³/mol. The molecular weight excluding hydrogens is 476 g/mol. The minimum absolute atomic E-state index is 0.0204. The zero-order valence-corrected chi connectivity index (χ0v) is 20.3. The number of nitrogens with one attached hydrogen (secondary N) is 1. The predicted octanol–water partition coefficient (Wildman–Crippen LogP) is 5.42. The molecule has 1 aliphatic carbocycles. The second kappa shape index (κ2) is 10.3. The van der Waals surface area contributed by atoms with Crippen LogP contribution in [0.5, 0.6) is 0 Å². The first kappa shape index (κ1) is 22.5. The molecule has 0 radical (unpaired) electrons. The van der Waals surface area contributed by atoms with Crippen LogP contribution < -0.4 is 5.32 Å². The number of ether oxygens (including phenoxy) is 1. The van der Waals surface area contributed by atoms with E-state index in [-0.39, 0.29) is 17.8 Å². The van der Waals surface area contributed by atoms with E-state index in [0.29, 0.717) is 17.2 Å². The molecule has 2 aromatic rings. The third-order valence-corrected chi connectivity index (χ3v) is 7.84. The number of nitrogens with zero attached hydrogens (tertiary/aromatic N) is 1. The lowest BCUT2D eigenvalue weighted by atomic mass is 9.94. The monoisotopic (exact) mass is 504 g/mol. The maximum atomic E-state index is 13.0. The number of esters is 1. The van der Waals surface area contributed by atoms with E-state index >= 15 is 0 Å². The number of fused-ring (bicyclic) bond motifs is 1. The van der Waals surface area contributed by atoms with Gasteiger partial charge in [-0.05, 0) is 81.8 Å². The van der Waals surface area contributed by atoms with Gasteiger partial charge in [-0.3, -0.25) is 9.69 Å². The fourth-order valence-electron chi connectivity index (χ4n) is 4.53. The van der Waals surface area contributed by atoms with Gasteiger partial charge in [0.05, 0.1) is 12.2 Å². The minimum Gasteiger partial charge on any atom is -0.462 e. The second-order valence-electron chi connectivity index (χ2n) is 8.31. The van der Waals surface area contributed by atoms with Gasteiger partial charge in [-0.2, -0.15) is 0 Å². The zero-order valence-electron chi connectivity index (χ0n) is 17.9. The highest BCUT2D eigenvalue weighted by molar-refractivity contribution is 9.10. The standard InChI is InChI=1S/C24H29BrN2O3S/c1-2-30-24(29)21-19-8-3-4-9-20(19)31-23(21)26-22(28)17-10-12-27(13-11-17)15-16-6-5-7-18(25)14-16/h5-7,14,17H,2-4,8-13,15H2,1H3,(H,26,28). The molecule has 31 heavy (non-hydrogen) atoms. The van der Waals surface area contributed by atoms with Crippen LogP contribution in [0.3, 0.4) is 0 Å². The Morgan fingerprint density at radius 2 is 2.00 bits per heavy atom.